The molecule has 0 saturated carbocycles. The Morgan fingerprint density at radius 3 is 2.85 bits per heavy atom. The molecule has 0 bridgehead atoms. The highest BCUT2D eigenvalue weighted by Crippen LogP contribution is 2.34. The molecule has 7 nitrogen and oxygen atoms in total. The Morgan fingerprint density at radius 1 is 1.00 bits per heavy atom. The van der Waals surface area contributed by atoms with Crippen LogP contribution in [0.3, 0.4) is 0 Å². The van der Waals surface area contributed by atoms with Crippen molar-refractivity contribution in [3.05, 3.63) is 79.0 Å². The topological polar surface area (TPSA) is 95.4 Å². The van der Waals surface area contributed by atoms with Gasteiger partial charge in [-0.3, -0.25) is 10.1 Å². The standard InChI is InChI=1S/C26H22N6O/c1-2-27-12-16-10-18(14-28-13-16)21-6-7-23-25(30-21)26(32-31-23)24-11-20-19(17-8-9-33-15-17)4-3-5-22(20)29-24/h3-11,13-15,27,29H,2,12H2,1H3,(H,31,32). The van der Waals surface area contributed by atoms with Gasteiger partial charge in [-0.2, -0.15) is 5.10 Å². The van der Waals surface area contributed by atoms with E-state index in [1.165, 1.54) is 0 Å². The fraction of sp³-hybridized carbons (Fsp3) is 0.115. The molecule has 162 valence electrons. The quantitative estimate of drug-likeness (QED) is 0.320. The van der Waals surface area contributed by atoms with E-state index in [2.05, 4.69) is 56.7 Å². The first-order valence-electron chi connectivity index (χ1n) is 10.9. The van der Waals surface area contributed by atoms with Crippen LogP contribution in [-0.4, -0.2) is 31.7 Å². The molecule has 0 fully saturated rings. The van der Waals surface area contributed by atoms with E-state index in [9.17, 15) is 0 Å². The van der Waals surface area contributed by atoms with Crippen LogP contribution in [0.4, 0.5) is 0 Å². The fourth-order valence-corrected chi connectivity index (χ4v) is 4.19. The minimum atomic E-state index is 0.782. The summed E-state index contributed by atoms with van der Waals surface area (Å²) in [6.07, 6.45) is 7.19. The Hall–Kier alpha value is -4.23. The van der Waals surface area contributed by atoms with Crippen molar-refractivity contribution in [1.82, 2.24) is 30.5 Å². The molecule has 5 aromatic heterocycles. The van der Waals surface area contributed by atoms with Gasteiger partial charge in [0.25, 0.3) is 0 Å². The van der Waals surface area contributed by atoms with E-state index >= 15 is 0 Å². The van der Waals surface area contributed by atoms with Crippen molar-refractivity contribution < 1.29 is 4.42 Å². The lowest BCUT2D eigenvalue weighted by atomic mass is 10.0. The Morgan fingerprint density at radius 2 is 1.97 bits per heavy atom. The summed E-state index contributed by atoms with van der Waals surface area (Å²) in [5.41, 5.74) is 9.59. The fourth-order valence-electron chi connectivity index (χ4n) is 4.19. The third-order valence-electron chi connectivity index (χ3n) is 5.83. The molecule has 7 heteroatoms. The number of rotatable bonds is 6. The van der Waals surface area contributed by atoms with Gasteiger partial charge in [0, 0.05) is 41.0 Å². The van der Waals surface area contributed by atoms with Crippen LogP contribution in [0, 0.1) is 0 Å². The van der Waals surface area contributed by atoms with Crippen molar-refractivity contribution in [3.63, 3.8) is 0 Å². The van der Waals surface area contributed by atoms with Crippen molar-refractivity contribution in [2.24, 2.45) is 0 Å². The smallest absolute Gasteiger partial charge is 0.135 e. The van der Waals surface area contributed by atoms with Crippen LogP contribution in [0.5, 0.6) is 0 Å². The molecular weight excluding hydrogens is 412 g/mol. The summed E-state index contributed by atoms with van der Waals surface area (Å²) in [6.45, 7) is 3.79. The predicted octanol–water partition coefficient (Wildman–Crippen LogP) is 5.54. The van der Waals surface area contributed by atoms with Crippen molar-refractivity contribution in [1.29, 1.82) is 0 Å². The normalized spacial score (nSPS) is 11.5. The van der Waals surface area contributed by atoms with Crippen LogP contribution in [0.25, 0.3) is 55.7 Å². The second-order valence-corrected chi connectivity index (χ2v) is 7.99. The predicted molar refractivity (Wildman–Crippen MR) is 129 cm³/mol. The van der Waals surface area contributed by atoms with Gasteiger partial charge in [-0.1, -0.05) is 19.1 Å². The minimum Gasteiger partial charge on any atom is -0.472 e. The summed E-state index contributed by atoms with van der Waals surface area (Å²) in [5, 5.41) is 12.2. The van der Waals surface area contributed by atoms with E-state index in [1.54, 1.807) is 12.5 Å². The monoisotopic (exact) mass is 434 g/mol. The third-order valence-corrected chi connectivity index (χ3v) is 5.83. The molecule has 1 aromatic carbocycles. The Labute approximate surface area is 189 Å². The highest BCUT2D eigenvalue weighted by molar-refractivity contribution is 6.00. The number of nitrogens with zero attached hydrogens (tertiary/aromatic N) is 3. The number of fused-ring (bicyclic) bond motifs is 2. The summed E-state index contributed by atoms with van der Waals surface area (Å²) in [5.74, 6) is 0. The average molecular weight is 435 g/mol. The van der Waals surface area contributed by atoms with Gasteiger partial charge in [0.15, 0.2) is 0 Å². The zero-order chi connectivity index (χ0) is 22.2. The van der Waals surface area contributed by atoms with E-state index in [0.717, 1.165) is 74.4 Å². The summed E-state index contributed by atoms with van der Waals surface area (Å²) >= 11 is 0. The Kier molecular flexibility index (Phi) is 4.74. The molecule has 0 atom stereocenters. The maximum Gasteiger partial charge on any atom is 0.135 e. The summed E-state index contributed by atoms with van der Waals surface area (Å²) in [4.78, 5) is 12.9. The molecule has 3 N–H and O–H groups in total. The molecule has 0 aliphatic carbocycles. The molecule has 0 radical (unpaired) electrons. The van der Waals surface area contributed by atoms with Crippen molar-refractivity contribution in [3.8, 4) is 33.8 Å². The highest BCUT2D eigenvalue weighted by Gasteiger charge is 2.15. The second kappa shape index (κ2) is 8.03. The van der Waals surface area contributed by atoms with Crippen molar-refractivity contribution >= 4 is 21.9 Å². The van der Waals surface area contributed by atoms with Gasteiger partial charge in [0.2, 0.25) is 0 Å². The van der Waals surface area contributed by atoms with Crippen LogP contribution >= 0.6 is 0 Å². The number of pyridine rings is 2. The highest BCUT2D eigenvalue weighted by atomic mass is 16.3. The zero-order valence-corrected chi connectivity index (χ0v) is 18.1. The number of hydrogen-bond acceptors (Lipinski definition) is 5. The molecule has 0 aliphatic rings. The Bertz CT molecular complexity index is 1560. The number of aromatic amines is 2. The summed E-state index contributed by atoms with van der Waals surface area (Å²) in [6, 6.07) is 16.4. The lowest BCUT2D eigenvalue weighted by Gasteiger charge is -2.05. The van der Waals surface area contributed by atoms with Gasteiger partial charge in [0.1, 0.15) is 11.2 Å². The van der Waals surface area contributed by atoms with Crippen LogP contribution in [0.1, 0.15) is 12.5 Å². The Balaban J connectivity index is 1.44. The molecule has 5 heterocycles. The summed E-state index contributed by atoms with van der Waals surface area (Å²) < 4.78 is 5.29. The summed E-state index contributed by atoms with van der Waals surface area (Å²) in [7, 11) is 0. The van der Waals surface area contributed by atoms with Crippen molar-refractivity contribution in [2.75, 3.05) is 6.54 Å². The second-order valence-electron chi connectivity index (χ2n) is 7.99. The van der Waals surface area contributed by atoms with E-state index < -0.39 is 0 Å². The van der Waals surface area contributed by atoms with Gasteiger partial charge in [-0.25, -0.2) is 4.98 Å². The van der Waals surface area contributed by atoms with Crippen molar-refractivity contribution in [2.45, 2.75) is 13.5 Å². The number of nitrogens with one attached hydrogen (secondary N) is 3. The minimum absolute atomic E-state index is 0.782. The maximum atomic E-state index is 5.29. The molecule has 33 heavy (non-hydrogen) atoms. The first-order valence-corrected chi connectivity index (χ1v) is 10.9. The lowest BCUT2D eigenvalue weighted by molar-refractivity contribution is 0.568. The molecule has 0 unspecified atom stereocenters. The number of aromatic nitrogens is 5. The SMILES string of the molecule is CCNCc1cncc(-c2ccc3[nH]nc(-c4cc5c(-c6ccoc6)cccc5[nH]4)c3n2)c1. The molecule has 6 rings (SSSR count). The molecule has 6 aromatic rings. The van der Waals surface area contributed by atoms with Crippen LogP contribution < -0.4 is 5.32 Å². The lowest BCUT2D eigenvalue weighted by Crippen LogP contribution is -2.11. The number of benzene rings is 1. The van der Waals surface area contributed by atoms with E-state index in [4.69, 9.17) is 9.40 Å². The van der Waals surface area contributed by atoms with Crippen LogP contribution in [-0.2, 0) is 6.54 Å². The van der Waals surface area contributed by atoms with E-state index in [0.29, 0.717) is 0 Å². The first-order chi connectivity index (χ1) is 16.3. The largest absolute Gasteiger partial charge is 0.472 e. The number of furan rings is 1. The maximum absolute atomic E-state index is 5.29. The van der Waals surface area contributed by atoms with Gasteiger partial charge < -0.3 is 14.7 Å². The molecule has 0 aliphatic heterocycles. The molecular formula is C26H22N6O. The van der Waals surface area contributed by atoms with Crippen LogP contribution in [0.15, 0.2) is 77.9 Å². The average Bonchev–Trinajstić information content (AvgIpc) is 3.61. The molecule has 0 spiro atoms. The van der Waals surface area contributed by atoms with Gasteiger partial charge in [0.05, 0.1) is 29.4 Å². The molecule has 0 saturated heterocycles. The van der Waals surface area contributed by atoms with E-state index in [1.807, 2.05) is 36.7 Å². The van der Waals surface area contributed by atoms with Gasteiger partial charge >= 0.3 is 0 Å². The number of hydrogen-bond donors (Lipinski definition) is 3. The third kappa shape index (κ3) is 3.48. The molecule has 0 amide bonds. The van der Waals surface area contributed by atoms with Crippen LogP contribution in [0.2, 0.25) is 0 Å². The first kappa shape index (κ1) is 19.5. The van der Waals surface area contributed by atoms with Gasteiger partial charge in [-0.05, 0) is 54.1 Å². The number of H-pyrrole nitrogens is 2. The zero-order valence-electron chi connectivity index (χ0n) is 18.1. The van der Waals surface area contributed by atoms with E-state index in [-0.39, 0.29) is 0 Å². The van der Waals surface area contributed by atoms with Gasteiger partial charge in [-0.15, -0.1) is 0 Å².